The largest absolute Gasteiger partial charge is 0.359 e. The number of rotatable bonds is 7. The monoisotopic (exact) mass is 257 g/mol. The van der Waals surface area contributed by atoms with Crippen LogP contribution < -0.4 is 5.32 Å². The van der Waals surface area contributed by atoms with Gasteiger partial charge in [-0.15, -0.1) is 0 Å². The molecule has 0 aliphatic carbocycles. The van der Waals surface area contributed by atoms with Crippen LogP contribution >= 0.6 is 0 Å². The Balaban J connectivity index is 2.70. The molecule has 0 saturated carbocycles. The highest BCUT2D eigenvalue weighted by Gasteiger charge is 2.08. The molecule has 0 aliphatic heterocycles. The van der Waals surface area contributed by atoms with Crippen molar-refractivity contribution >= 4 is 5.70 Å². The molecule has 0 aliphatic rings. The Morgan fingerprint density at radius 1 is 1.42 bits per heavy atom. The fourth-order valence-corrected chi connectivity index (χ4v) is 2.10. The normalized spacial score (nSPS) is 13.2. The second kappa shape index (κ2) is 7.83. The lowest BCUT2D eigenvalue weighted by Gasteiger charge is -2.19. The van der Waals surface area contributed by atoms with Crippen LogP contribution in [0.1, 0.15) is 51.2 Å². The van der Waals surface area contributed by atoms with Gasteiger partial charge in [-0.25, -0.2) is 0 Å². The summed E-state index contributed by atoms with van der Waals surface area (Å²) in [4.78, 5) is 0. The van der Waals surface area contributed by atoms with Gasteiger partial charge in [-0.2, -0.15) is 0 Å². The van der Waals surface area contributed by atoms with Crippen LogP contribution in [0.3, 0.4) is 0 Å². The summed E-state index contributed by atoms with van der Waals surface area (Å²) in [7, 11) is 0. The number of hydrogen-bond donors (Lipinski definition) is 1. The van der Waals surface area contributed by atoms with E-state index in [0.29, 0.717) is 5.92 Å². The highest BCUT2D eigenvalue weighted by Crippen LogP contribution is 2.19. The van der Waals surface area contributed by atoms with Gasteiger partial charge in [-0.05, 0) is 37.8 Å². The van der Waals surface area contributed by atoms with Crippen LogP contribution in [-0.2, 0) is 0 Å². The fourth-order valence-electron chi connectivity index (χ4n) is 2.10. The van der Waals surface area contributed by atoms with E-state index in [1.165, 1.54) is 30.4 Å². The quantitative estimate of drug-likeness (QED) is 0.700. The first-order valence-corrected chi connectivity index (χ1v) is 7.27. The van der Waals surface area contributed by atoms with Crippen LogP contribution in [0.2, 0.25) is 0 Å². The second-order valence-corrected chi connectivity index (χ2v) is 5.27. The van der Waals surface area contributed by atoms with Gasteiger partial charge >= 0.3 is 0 Å². The summed E-state index contributed by atoms with van der Waals surface area (Å²) >= 11 is 0. The maximum Gasteiger partial charge on any atom is 0.0412 e. The van der Waals surface area contributed by atoms with Crippen molar-refractivity contribution in [3.8, 4) is 0 Å². The minimum Gasteiger partial charge on any atom is -0.359 e. The molecule has 0 bridgehead atoms. The molecule has 0 amide bonds. The van der Waals surface area contributed by atoms with Crippen molar-refractivity contribution in [3.05, 3.63) is 53.7 Å². The van der Waals surface area contributed by atoms with E-state index < -0.39 is 0 Å². The first-order valence-electron chi connectivity index (χ1n) is 7.27. The van der Waals surface area contributed by atoms with E-state index in [9.17, 15) is 0 Å². The predicted octanol–water partition coefficient (Wildman–Crippen LogP) is 5.29. The molecule has 1 nitrogen and oxygen atoms in total. The van der Waals surface area contributed by atoms with Crippen LogP contribution in [0.25, 0.3) is 5.70 Å². The van der Waals surface area contributed by atoms with Gasteiger partial charge in [0.05, 0.1) is 0 Å². The number of unbranched alkanes of at least 4 members (excludes halogenated alkanes) is 1. The number of nitrogens with one attached hydrogen (secondary N) is 1. The van der Waals surface area contributed by atoms with Gasteiger partial charge in [0.25, 0.3) is 0 Å². The van der Waals surface area contributed by atoms with Gasteiger partial charge in [-0.1, -0.05) is 63.1 Å². The molecule has 1 N–H and O–H groups in total. The molecule has 1 atom stereocenters. The van der Waals surface area contributed by atoms with E-state index >= 15 is 0 Å². The molecule has 0 aromatic heterocycles. The molecule has 1 unspecified atom stereocenters. The molecule has 0 saturated heterocycles. The smallest absolute Gasteiger partial charge is 0.0412 e. The highest BCUT2D eigenvalue weighted by atomic mass is 14.9. The van der Waals surface area contributed by atoms with Crippen LogP contribution in [0.5, 0.6) is 0 Å². The van der Waals surface area contributed by atoms with E-state index in [1.807, 2.05) is 0 Å². The van der Waals surface area contributed by atoms with Gasteiger partial charge in [0.2, 0.25) is 0 Å². The minimum atomic E-state index is 0.514. The van der Waals surface area contributed by atoms with Crippen LogP contribution in [0.4, 0.5) is 0 Å². The van der Waals surface area contributed by atoms with Crippen LogP contribution in [0, 0.1) is 12.8 Å². The van der Waals surface area contributed by atoms with Gasteiger partial charge in [0.1, 0.15) is 0 Å². The van der Waals surface area contributed by atoms with Gasteiger partial charge in [-0.3, -0.25) is 0 Å². The molecule has 104 valence electrons. The fraction of sp³-hybridized carbons (Fsp3) is 0.444. The molecular weight excluding hydrogens is 230 g/mol. The van der Waals surface area contributed by atoms with E-state index in [2.05, 4.69) is 69.9 Å². The lowest BCUT2D eigenvalue weighted by molar-refractivity contribution is 0.556. The Kier molecular flexibility index (Phi) is 6.41. The van der Waals surface area contributed by atoms with Crippen molar-refractivity contribution in [1.82, 2.24) is 5.32 Å². The summed E-state index contributed by atoms with van der Waals surface area (Å²) in [5, 5.41) is 3.49. The van der Waals surface area contributed by atoms with E-state index in [0.717, 1.165) is 11.4 Å². The average Bonchev–Trinajstić information content (AvgIpc) is 2.41. The molecule has 1 aromatic rings. The van der Waals surface area contributed by atoms with Gasteiger partial charge < -0.3 is 5.32 Å². The summed E-state index contributed by atoms with van der Waals surface area (Å²) in [5.74, 6) is 0.514. The third-order valence-electron chi connectivity index (χ3n) is 3.50. The molecule has 0 radical (unpaired) electrons. The summed E-state index contributed by atoms with van der Waals surface area (Å²) in [6.45, 7) is 12.8. The van der Waals surface area contributed by atoms with Crippen molar-refractivity contribution < 1.29 is 0 Å². The van der Waals surface area contributed by atoms with Crippen molar-refractivity contribution in [2.24, 2.45) is 5.92 Å². The Hall–Kier alpha value is -1.50. The number of hydrogen-bond acceptors (Lipinski definition) is 1. The minimum absolute atomic E-state index is 0.514. The summed E-state index contributed by atoms with van der Waals surface area (Å²) in [5.41, 5.74) is 4.77. The molecule has 1 aromatic carbocycles. The third-order valence-corrected chi connectivity index (χ3v) is 3.50. The maximum atomic E-state index is 4.19. The standard InChI is InChI=1S/C18H27N/c1-6-8-11-15(4)16(5)19-18(7-2)17-12-9-10-14(3)13-17/h7,9-10,12-13,15,19H,5-6,8,11H2,1-4H3/b18-7-. The molecular formula is C18H27N. The third kappa shape index (κ3) is 4.94. The number of aryl methyl sites for hydroxylation is 1. The summed E-state index contributed by atoms with van der Waals surface area (Å²) in [6, 6.07) is 8.56. The van der Waals surface area contributed by atoms with E-state index in [1.54, 1.807) is 0 Å². The van der Waals surface area contributed by atoms with Crippen molar-refractivity contribution in [1.29, 1.82) is 0 Å². The molecule has 0 heterocycles. The predicted molar refractivity (Wildman–Crippen MR) is 85.8 cm³/mol. The molecule has 0 spiro atoms. The zero-order valence-electron chi connectivity index (χ0n) is 12.8. The van der Waals surface area contributed by atoms with Crippen LogP contribution in [-0.4, -0.2) is 0 Å². The Labute approximate surface area is 118 Å². The second-order valence-electron chi connectivity index (χ2n) is 5.27. The first kappa shape index (κ1) is 15.6. The Morgan fingerprint density at radius 2 is 2.16 bits per heavy atom. The number of allylic oxidation sites excluding steroid dienone is 2. The van der Waals surface area contributed by atoms with Crippen LogP contribution in [0.15, 0.2) is 42.6 Å². The molecule has 0 fully saturated rings. The van der Waals surface area contributed by atoms with E-state index in [4.69, 9.17) is 0 Å². The molecule has 1 rings (SSSR count). The molecule has 19 heavy (non-hydrogen) atoms. The van der Waals surface area contributed by atoms with Crippen molar-refractivity contribution in [2.45, 2.75) is 47.0 Å². The average molecular weight is 257 g/mol. The SMILES string of the molecule is C=C(N/C(=C\C)c1cccc(C)c1)C(C)CCCC. The summed E-state index contributed by atoms with van der Waals surface area (Å²) < 4.78 is 0. The van der Waals surface area contributed by atoms with Gasteiger partial charge in [0.15, 0.2) is 0 Å². The Morgan fingerprint density at radius 3 is 2.74 bits per heavy atom. The number of benzene rings is 1. The summed E-state index contributed by atoms with van der Waals surface area (Å²) in [6.07, 6.45) is 5.82. The molecule has 1 heteroatoms. The Bertz CT molecular complexity index is 443. The van der Waals surface area contributed by atoms with Gasteiger partial charge in [0, 0.05) is 11.4 Å². The zero-order valence-corrected chi connectivity index (χ0v) is 12.8. The van der Waals surface area contributed by atoms with E-state index in [-0.39, 0.29) is 0 Å². The zero-order chi connectivity index (χ0) is 14.3. The highest BCUT2D eigenvalue weighted by molar-refractivity contribution is 5.65. The topological polar surface area (TPSA) is 12.0 Å². The lowest BCUT2D eigenvalue weighted by Crippen LogP contribution is -2.16. The lowest BCUT2D eigenvalue weighted by atomic mass is 10.0. The van der Waals surface area contributed by atoms with Crippen molar-refractivity contribution in [3.63, 3.8) is 0 Å². The first-order chi connectivity index (χ1) is 9.08. The maximum absolute atomic E-state index is 4.19. The van der Waals surface area contributed by atoms with Crippen molar-refractivity contribution in [2.75, 3.05) is 0 Å².